The van der Waals surface area contributed by atoms with Gasteiger partial charge in [0, 0.05) is 37.9 Å². The van der Waals surface area contributed by atoms with E-state index in [0.717, 1.165) is 31.5 Å². The van der Waals surface area contributed by atoms with Gasteiger partial charge in [0.2, 0.25) is 0 Å². The van der Waals surface area contributed by atoms with Gasteiger partial charge in [-0.15, -0.1) is 0 Å². The number of carboxylic acid groups (broad SMARTS) is 1. The Balaban J connectivity index is 1.61. The molecular weight excluding hydrogens is 370 g/mol. The SMILES string of the molecule is O=C(O)CCC/C=C\C[C@@H]1[C@@H](N2CCOCC2)[C@H](O)C[C@@H]1OCc1ccccc1. The first-order valence-electron chi connectivity index (χ1n) is 10.7. The van der Waals surface area contributed by atoms with Crippen LogP contribution in [0.5, 0.6) is 0 Å². The van der Waals surface area contributed by atoms with Crippen LogP contribution in [0.25, 0.3) is 0 Å². The van der Waals surface area contributed by atoms with E-state index in [1.807, 2.05) is 18.2 Å². The fourth-order valence-corrected chi connectivity index (χ4v) is 4.45. The Morgan fingerprint density at radius 3 is 2.69 bits per heavy atom. The summed E-state index contributed by atoms with van der Waals surface area (Å²) >= 11 is 0. The molecule has 0 bridgehead atoms. The van der Waals surface area contributed by atoms with E-state index in [0.29, 0.717) is 32.7 Å². The number of hydrogen-bond donors (Lipinski definition) is 2. The second-order valence-corrected chi connectivity index (χ2v) is 7.93. The standard InChI is InChI=1S/C23H33NO5/c25-20-16-21(29-17-18-8-4-3-5-9-18)19(10-6-1-2-7-11-22(26)27)23(20)24-12-14-28-15-13-24/h1,3-6,8-9,19-21,23,25H,2,7,10-17H2,(H,26,27)/b6-1-/t19-,20+,21-,23+/m0/s1. The fourth-order valence-electron chi connectivity index (χ4n) is 4.45. The first-order chi connectivity index (χ1) is 14.1. The van der Waals surface area contributed by atoms with E-state index in [1.165, 1.54) is 0 Å². The molecule has 4 atom stereocenters. The number of morpholine rings is 1. The topological polar surface area (TPSA) is 79.2 Å². The van der Waals surface area contributed by atoms with Crippen LogP contribution < -0.4 is 0 Å². The van der Waals surface area contributed by atoms with Gasteiger partial charge in [-0.3, -0.25) is 9.69 Å². The number of aliphatic hydroxyl groups excluding tert-OH is 1. The number of aliphatic carboxylic acids is 1. The Bertz CT molecular complexity index is 644. The van der Waals surface area contributed by atoms with Crippen molar-refractivity contribution >= 4 is 5.97 Å². The molecule has 2 aliphatic rings. The number of benzene rings is 1. The number of carbonyl (C=O) groups is 1. The molecule has 29 heavy (non-hydrogen) atoms. The number of allylic oxidation sites excluding steroid dienone is 2. The van der Waals surface area contributed by atoms with Crippen LogP contribution >= 0.6 is 0 Å². The Hall–Kier alpha value is -1.73. The van der Waals surface area contributed by atoms with Gasteiger partial charge in [0.15, 0.2) is 0 Å². The van der Waals surface area contributed by atoms with E-state index in [9.17, 15) is 9.90 Å². The van der Waals surface area contributed by atoms with Gasteiger partial charge in [-0.2, -0.15) is 0 Å². The molecule has 160 valence electrons. The van der Waals surface area contributed by atoms with Gasteiger partial charge >= 0.3 is 5.97 Å². The number of nitrogens with zero attached hydrogens (tertiary/aromatic N) is 1. The van der Waals surface area contributed by atoms with Crippen molar-refractivity contribution in [3.8, 4) is 0 Å². The molecule has 1 aliphatic carbocycles. The van der Waals surface area contributed by atoms with E-state index in [-0.39, 0.29) is 24.5 Å². The average Bonchev–Trinajstić information content (AvgIpc) is 3.05. The Morgan fingerprint density at radius 1 is 1.21 bits per heavy atom. The molecule has 2 N–H and O–H groups in total. The van der Waals surface area contributed by atoms with Gasteiger partial charge in [-0.05, 0) is 24.8 Å². The second-order valence-electron chi connectivity index (χ2n) is 7.93. The van der Waals surface area contributed by atoms with Crippen LogP contribution in [0.4, 0.5) is 0 Å². The summed E-state index contributed by atoms with van der Waals surface area (Å²) in [5, 5.41) is 19.6. The predicted molar refractivity (Wildman–Crippen MR) is 111 cm³/mol. The quantitative estimate of drug-likeness (QED) is 0.462. The number of hydrogen-bond acceptors (Lipinski definition) is 5. The third kappa shape index (κ3) is 6.64. The van der Waals surface area contributed by atoms with Crippen molar-refractivity contribution in [2.45, 2.75) is 57.0 Å². The van der Waals surface area contributed by atoms with E-state index in [4.69, 9.17) is 14.6 Å². The molecule has 0 amide bonds. The number of rotatable bonds is 10. The molecule has 0 radical (unpaired) electrons. The third-order valence-electron chi connectivity index (χ3n) is 5.89. The maximum Gasteiger partial charge on any atom is 0.303 e. The summed E-state index contributed by atoms with van der Waals surface area (Å²) in [7, 11) is 0. The Kier molecular flexibility index (Phi) is 8.68. The normalized spacial score (nSPS) is 28.2. The molecule has 1 saturated carbocycles. The molecule has 1 saturated heterocycles. The van der Waals surface area contributed by atoms with Crippen LogP contribution in [-0.2, 0) is 20.9 Å². The summed E-state index contributed by atoms with van der Waals surface area (Å²) in [4.78, 5) is 13.0. The van der Waals surface area contributed by atoms with Gasteiger partial charge in [-0.1, -0.05) is 42.5 Å². The number of ether oxygens (including phenoxy) is 2. The lowest BCUT2D eigenvalue weighted by molar-refractivity contribution is -0.137. The summed E-state index contributed by atoms with van der Waals surface area (Å²) in [6, 6.07) is 10.2. The van der Waals surface area contributed by atoms with Crippen molar-refractivity contribution in [2.24, 2.45) is 5.92 Å². The average molecular weight is 404 g/mol. The molecular formula is C23H33NO5. The highest BCUT2D eigenvalue weighted by atomic mass is 16.5. The largest absolute Gasteiger partial charge is 0.481 e. The van der Waals surface area contributed by atoms with Crippen LogP contribution in [0.15, 0.2) is 42.5 Å². The van der Waals surface area contributed by atoms with Crippen molar-refractivity contribution in [3.05, 3.63) is 48.0 Å². The smallest absolute Gasteiger partial charge is 0.303 e. The highest BCUT2D eigenvalue weighted by Gasteiger charge is 2.45. The third-order valence-corrected chi connectivity index (χ3v) is 5.89. The number of unbranched alkanes of at least 4 members (excludes halogenated alkanes) is 1. The zero-order valence-corrected chi connectivity index (χ0v) is 17.0. The van der Waals surface area contributed by atoms with Crippen molar-refractivity contribution in [1.29, 1.82) is 0 Å². The minimum absolute atomic E-state index is 0.00159. The van der Waals surface area contributed by atoms with E-state index in [1.54, 1.807) is 0 Å². The fraction of sp³-hybridized carbons (Fsp3) is 0.609. The number of carboxylic acids is 1. The molecule has 1 aromatic carbocycles. The lowest BCUT2D eigenvalue weighted by Crippen LogP contribution is -2.50. The Morgan fingerprint density at radius 2 is 1.97 bits per heavy atom. The summed E-state index contributed by atoms with van der Waals surface area (Å²) < 4.78 is 11.8. The minimum Gasteiger partial charge on any atom is -0.481 e. The molecule has 1 aromatic rings. The minimum atomic E-state index is -0.751. The number of aliphatic hydroxyl groups is 1. The van der Waals surface area contributed by atoms with Crippen LogP contribution in [-0.4, -0.2) is 65.6 Å². The predicted octanol–water partition coefficient (Wildman–Crippen LogP) is 2.85. The maximum absolute atomic E-state index is 10.8. The molecule has 6 nitrogen and oxygen atoms in total. The summed E-state index contributed by atoms with van der Waals surface area (Å²) in [6.45, 7) is 3.64. The molecule has 1 heterocycles. The highest BCUT2D eigenvalue weighted by molar-refractivity contribution is 5.66. The van der Waals surface area contributed by atoms with Crippen molar-refractivity contribution in [2.75, 3.05) is 26.3 Å². The summed E-state index contributed by atoms with van der Waals surface area (Å²) in [6.07, 6.45) is 6.89. The molecule has 2 fully saturated rings. The van der Waals surface area contributed by atoms with Gasteiger partial charge in [0.05, 0.1) is 32.0 Å². The monoisotopic (exact) mass is 403 g/mol. The summed E-state index contributed by atoms with van der Waals surface area (Å²) in [5.74, 6) is -0.540. The van der Waals surface area contributed by atoms with Gasteiger partial charge in [0.1, 0.15) is 0 Å². The van der Waals surface area contributed by atoms with Crippen molar-refractivity contribution in [1.82, 2.24) is 4.90 Å². The zero-order chi connectivity index (χ0) is 20.5. The van der Waals surface area contributed by atoms with Crippen LogP contribution in [0, 0.1) is 5.92 Å². The van der Waals surface area contributed by atoms with Crippen LogP contribution in [0.2, 0.25) is 0 Å². The maximum atomic E-state index is 10.8. The van der Waals surface area contributed by atoms with E-state index in [2.05, 4.69) is 29.2 Å². The van der Waals surface area contributed by atoms with Gasteiger partial charge in [0.25, 0.3) is 0 Å². The van der Waals surface area contributed by atoms with Crippen molar-refractivity contribution in [3.63, 3.8) is 0 Å². The Labute approximate surface area is 173 Å². The molecule has 1 aliphatic heterocycles. The zero-order valence-electron chi connectivity index (χ0n) is 17.0. The lowest BCUT2D eigenvalue weighted by atomic mass is 9.94. The van der Waals surface area contributed by atoms with Crippen LogP contribution in [0.3, 0.4) is 0 Å². The van der Waals surface area contributed by atoms with Crippen molar-refractivity contribution < 1.29 is 24.5 Å². The molecule has 6 heteroatoms. The highest BCUT2D eigenvalue weighted by Crippen LogP contribution is 2.36. The van der Waals surface area contributed by atoms with Crippen LogP contribution in [0.1, 0.15) is 37.7 Å². The van der Waals surface area contributed by atoms with Gasteiger partial charge in [-0.25, -0.2) is 0 Å². The molecule has 0 spiro atoms. The summed E-state index contributed by atoms with van der Waals surface area (Å²) in [5.41, 5.74) is 1.14. The first-order valence-corrected chi connectivity index (χ1v) is 10.7. The second kappa shape index (κ2) is 11.5. The van der Waals surface area contributed by atoms with E-state index >= 15 is 0 Å². The molecule has 0 unspecified atom stereocenters. The first kappa shape index (κ1) is 22.0. The van der Waals surface area contributed by atoms with E-state index < -0.39 is 12.1 Å². The van der Waals surface area contributed by atoms with Gasteiger partial charge < -0.3 is 19.7 Å². The lowest BCUT2D eigenvalue weighted by Gasteiger charge is -2.37. The molecule has 0 aromatic heterocycles. The molecule has 3 rings (SSSR count).